The Morgan fingerprint density at radius 1 is 0.912 bits per heavy atom. The smallest absolute Gasteiger partial charge is 0.262 e. The molecule has 7 heteroatoms. The van der Waals surface area contributed by atoms with E-state index in [1.54, 1.807) is 18.2 Å². The molecule has 2 aliphatic rings. The first kappa shape index (κ1) is 21.1. The number of hydrogen-bond acceptors (Lipinski definition) is 5. The summed E-state index contributed by atoms with van der Waals surface area (Å²) in [6, 6.07) is 14.6. The predicted octanol–water partition coefficient (Wildman–Crippen LogP) is 5.33. The Morgan fingerprint density at radius 3 is 2.29 bits per heavy atom. The summed E-state index contributed by atoms with van der Waals surface area (Å²) in [5, 5.41) is 0.903. The molecule has 0 bridgehead atoms. The number of fused-ring (bicyclic) bond motifs is 4. The van der Waals surface area contributed by atoms with Gasteiger partial charge in [-0.15, -0.1) is 0 Å². The number of aromatic amines is 1. The minimum atomic E-state index is -0.296. The van der Waals surface area contributed by atoms with Crippen LogP contribution in [0.1, 0.15) is 36.2 Å². The fourth-order valence-electron chi connectivity index (χ4n) is 5.49. The Balaban J connectivity index is 1.65. The highest BCUT2D eigenvalue weighted by molar-refractivity contribution is 6.31. The predicted molar refractivity (Wildman–Crippen MR) is 135 cm³/mol. The molecular weight excluding hydrogens is 448 g/mol. The molecule has 0 radical (unpaired) electrons. The fourth-order valence-corrected chi connectivity index (χ4v) is 5.62. The zero-order valence-corrected chi connectivity index (χ0v) is 19.7. The van der Waals surface area contributed by atoms with Crippen molar-refractivity contribution in [3.63, 3.8) is 0 Å². The number of anilines is 1. The number of piperidine rings is 1. The molecule has 0 spiro atoms. The molecule has 6 nitrogen and oxygen atoms in total. The molecule has 0 amide bonds. The minimum Gasteiger partial charge on any atom is -0.342 e. The number of H-pyrrole nitrogens is 1. The molecule has 6 rings (SSSR count). The lowest BCUT2D eigenvalue weighted by Crippen LogP contribution is -2.40. The molecule has 2 aromatic carbocycles. The Hall–Kier alpha value is -3.51. The molecule has 2 atom stereocenters. The lowest BCUT2D eigenvalue weighted by atomic mass is 9.92. The lowest BCUT2D eigenvalue weighted by Gasteiger charge is -2.35. The number of carbonyl (C=O) groups excluding carboxylic acids is 1. The zero-order chi connectivity index (χ0) is 23.6. The molecule has 0 saturated carbocycles. The van der Waals surface area contributed by atoms with Gasteiger partial charge in [-0.1, -0.05) is 61.8 Å². The average Bonchev–Trinajstić information content (AvgIpc) is 3.09. The van der Waals surface area contributed by atoms with Gasteiger partial charge in [-0.2, -0.15) is 4.98 Å². The van der Waals surface area contributed by atoms with Crippen molar-refractivity contribution >= 4 is 34.4 Å². The first-order valence-corrected chi connectivity index (χ1v) is 11.9. The Kier molecular flexibility index (Phi) is 4.81. The summed E-state index contributed by atoms with van der Waals surface area (Å²) >= 11 is 6.13. The van der Waals surface area contributed by atoms with Crippen molar-refractivity contribution in [2.75, 3.05) is 18.0 Å². The van der Waals surface area contributed by atoms with Crippen LogP contribution >= 0.6 is 11.6 Å². The van der Waals surface area contributed by atoms with Crippen molar-refractivity contribution < 1.29 is 4.79 Å². The van der Waals surface area contributed by atoms with Crippen LogP contribution in [0.25, 0.3) is 33.4 Å². The van der Waals surface area contributed by atoms with Crippen LogP contribution in [0.5, 0.6) is 0 Å². The van der Waals surface area contributed by atoms with Gasteiger partial charge >= 0.3 is 0 Å². The second kappa shape index (κ2) is 7.77. The number of aromatic nitrogens is 3. The maximum absolute atomic E-state index is 13.5. The van der Waals surface area contributed by atoms with E-state index in [-0.39, 0.29) is 11.3 Å². The van der Waals surface area contributed by atoms with E-state index in [1.165, 1.54) is 0 Å². The Bertz CT molecular complexity index is 1520. The van der Waals surface area contributed by atoms with Crippen molar-refractivity contribution in [2.45, 2.75) is 20.3 Å². The van der Waals surface area contributed by atoms with Crippen molar-refractivity contribution in [3.8, 4) is 22.4 Å². The van der Waals surface area contributed by atoms with Crippen LogP contribution < -0.4 is 10.5 Å². The number of nitrogens with one attached hydrogen (secondary N) is 1. The maximum atomic E-state index is 13.5. The van der Waals surface area contributed by atoms with Gasteiger partial charge in [0.2, 0.25) is 5.95 Å². The second-order valence-corrected chi connectivity index (χ2v) is 9.97. The number of hydrogen-bond donors (Lipinski definition) is 1. The topological polar surface area (TPSA) is 79.0 Å². The molecule has 1 aliphatic carbocycles. The molecular formula is C27H23ClN4O2. The van der Waals surface area contributed by atoms with Gasteiger partial charge in [0.15, 0.2) is 11.4 Å². The van der Waals surface area contributed by atoms with Crippen LogP contribution in [-0.4, -0.2) is 33.8 Å². The highest BCUT2D eigenvalue weighted by atomic mass is 35.5. The third-order valence-electron chi connectivity index (χ3n) is 6.80. The number of nitrogens with zero attached hydrogens (tertiary/aromatic N) is 3. The summed E-state index contributed by atoms with van der Waals surface area (Å²) in [5.74, 6) is 1.41. The van der Waals surface area contributed by atoms with E-state index in [1.807, 2.05) is 30.3 Å². The molecule has 170 valence electrons. The van der Waals surface area contributed by atoms with Gasteiger partial charge in [0.25, 0.3) is 5.56 Å². The molecule has 4 aromatic rings. The summed E-state index contributed by atoms with van der Waals surface area (Å²) in [6.45, 7) is 6.09. The van der Waals surface area contributed by atoms with Crippen LogP contribution in [0.2, 0.25) is 5.02 Å². The van der Waals surface area contributed by atoms with E-state index < -0.39 is 0 Å². The van der Waals surface area contributed by atoms with Crippen LogP contribution in [0.4, 0.5) is 5.95 Å². The van der Waals surface area contributed by atoms with Gasteiger partial charge in [-0.25, -0.2) is 4.98 Å². The van der Waals surface area contributed by atoms with E-state index in [0.29, 0.717) is 56.2 Å². The Labute approximate surface area is 201 Å². The summed E-state index contributed by atoms with van der Waals surface area (Å²) in [6.07, 6.45) is 1.15. The van der Waals surface area contributed by atoms with Crippen molar-refractivity contribution in [1.82, 2.24) is 15.0 Å². The first-order valence-electron chi connectivity index (χ1n) is 11.5. The molecule has 2 aromatic heterocycles. The molecule has 2 unspecified atom stereocenters. The van der Waals surface area contributed by atoms with E-state index >= 15 is 0 Å². The largest absolute Gasteiger partial charge is 0.342 e. The van der Waals surface area contributed by atoms with Crippen molar-refractivity contribution in [3.05, 3.63) is 75.0 Å². The third kappa shape index (κ3) is 3.24. The van der Waals surface area contributed by atoms with Crippen molar-refractivity contribution in [1.29, 1.82) is 0 Å². The minimum absolute atomic E-state index is 0.132. The standard InChI is InChI=1S/C27H23ClN4O2/c1-14-11-15(2)13-32(12-14)27-30-25-22(26(34)31-27)20(16-7-9-17(28)10-8-16)21-23(29-25)18-5-3-4-6-19(18)24(21)33/h3-10,14-15H,11-13H2,1-2H3,(H,29,30,31,34). The van der Waals surface area contributed by atoms with E-state index in [4.69, 9.17) is 21.6 Å². The molecule has 1 aliphatic heterocycles. The zero-order valence-electron chi connectivity index (χ0n) is 18.9. The number of pyridine rings is 1. The number of ketones is 1. The van der Waals surface area contributed by atoms with Crippen LogP contribution in [0, 0.1) is 11.8 Å². The lowest BCUT2D eigenvalue weighted by molar-refractivity contribution is 0.104. The average molecular weight is 471 g/mol. The van der Waals surface area contributed by atoms with E-state index in [9.17, 15) is 9.59 Å². The fraction of sp³-hybridized carbons (Fsp3) is 0.259. The monoisotopic (exact) mass is 470 g/mol. The maximum Gasteiger partial charge on any atom is 0.262 e. The van der Waals surface area contributed by atoms with Crippen molar-refractivity contribution in [2.24, 2.45) is 11.8 Å². The molecule has 1 N–H and O–H groups in total. The highest BCUT2D eigenvalue weighted by Crippen LogP contribution is 2.43. The van der Waals surface area contributed by atoms with Gasteiger partial charge in [-0.05, 0) is 36.0 Å². The SMILES string of the molecule is CC1CC(C)CN(c2nc3nc4c(c(-c5ccc(Cl)cc5)c3c(=O)[nH]2)C(=O)c2ccccc2-4)C1. The van der Waals surface area contributed by atoms with Crippen LogP contribution in [0.3, 0.4) is 0 Å². The van der Waals surface area contributed by atoms with Gasteiger partial charge in [-0.3, -0.25) is 14.6 Å². The van der Waals surface area contributed by atoms with Gasteiger partial charge in [0.1, 0.15) is 0 Å². The van der Waals surface area contributed by atoms with E-state index in [2.05, 4.69) is 23.7 Å². The second-order valence-electron chi connectivity index (χ2n) is 9.53. The normalized spacial score (nSPS) is 19.4. The summed E-state index contributed by atoms with van der Waals surface area (Å²) in [5.41, 5.74) is 3.70. The number of halogens is 1. The third-order valence-corrected chi connectivity index (χ3v) is 7.05. The molecule has 3 heterocycles. The number of carbonyl (C=O) groups is 1. The summed E-state index contributed by atoms with van der Waals surface area (Å²) in [7, 11) is 0. The molecule has 34 heavy (non-hydrogen) atoms. The van der Waals surface area contributed by atoms with E-state index in [0.717, 1.165) is 30.6 Å². The van der Waals surface area contributed by atoms with Gasteiger partial charge < -0.3 is 4.90 Å². The first-order chi connectivity index (χ1) is 16.4. The van der Waals surface area contributed by atoms with Gasteiger partial charge in [0, 0.05) is 34.8 Å². The Morgan fingerprint density at radius 2 is 1.59 bits per heavy atom. The van der Waals surface area contributed by atoms with Crippen LogP contribution in [-0.2, 0) is 0 Å². The molecule has 1 fully saturated rings. The quantitative estimate of drug-likeness (QED) is 0.377. The summed E-state index contributed by atoms with van der Waals surface area (Å²) in [4.78, 5) is 41.8. The van der Waals surface area contributed by atoms with Gasteiger partial charge in [0.05, 0.1) is 16.6 Å². The number of benzene rings is 2. The highest BCUT2D eigenvalue weighted by Gasteiger charge is 2.34. The molecule has 1 saturated heterocycles. The van der Waals surface area contributed by atoms with Crippen LogP contribution in [0.15, 0.2) is 53.3 Å². The number of rotatable bonds is 2. The summed E-state index contributed by atoms with van der Waals surface area (Å²) < 4.78 is 0.